The molecule has 1 saturated heterocycles. The fourth-order valence-electron chi connectivity index (χ4n) is 4.94. The van der Waals surface area contributed by atoms with E-state index in [9.17, 15) is 0 Å². The summed E-state index contributed by atoms with van der Waals surface area (Å²) in [4.78, 5) is 0. The SMILES string of the molecule is CP1C2=Cc3ccccc3[CH]2[Hf+2][CH]2C3C=CC=CC3CC2P1C.[F-].[F-]. The first-order chi connectivity index (χ1) is 11.2. The molecule has 4 aliphatic rings. The van der Waals surface area contributed by atoms with E-state index in [1.54, 1.807) is 11.1 Å². The Hall–Kier alpha value is 0.0301. The van der Waals surface area contributed by atoms with E-state index in [4.69, 9.17) is 0 Å². The number of hydrogen-bond donors (Lipinski definition) is 0. The molecule has 0 nitrogen and oxygen atoms in total. The van der Waals surface area contributed by atoms with Gasteiger partial charge in [0.1, 0.15) is 0 Å². The summed E-state index contributed by atoms with van der Waals surface area (Å²) in [5.41, 5.74) is 4.35. The zero-order chi connectivity index (χ0) is 15.6. The van der Waals surface area contributed by atoms with Gasteiger partial charge in [0.2, 0.25) is 0 Å². The van der Waals surface area contributed by atoms with Gasteiger partial charge in [0.15, 0.2) is 0 Å². The van der Waals surface area contributed by atoms with Crippen molar-refractivity contribution in [3.8, 4) is 0 Å². The number of halogens is 2. The van der Waals surface area contributed by atoms with Gasteiger partial charge in [-0.25, -0.2) is 0 Å². The summed E-state index contributed by atoms with van der Waals surface area (Å²) >= 11 is -0.736. The largest absolute Gasteiger partial charge is 1.00 e. The van der Waals surface area contributed by atoms with Gasteiger partial charge in [-0.2, -0.15) is 0 Å². The van der Waals surface area contributed by atoms with Crippen LogP contribution < -0.4 is 9.41 Å². The smallest absolute Gasteiger partial charge is 1.00 e. The molecule has 0 amide bonds. The average molecular weight is 541 g/mol. The van der Waals surface area contributed by atoms with Crippen molar-refractivity contribution in [1.82, 2.24) is 0 Å². The molecule has 3 aliphatic carbocycles. The minimum Gasteiger partial charge on any atom is -1.00 e. The Balaban J connectivity index is 0.000000911. The van der Waals surface area contributed by atoms with Gasteiger partial charge in [-0.1, -0.05) is 0 Å². The second-order valence-electron chi connectivity index (χ2n) is 7.23. The van der Waals surface area contributed by atoms with Crippen molar-refractivity contribution >= 4 is 21.3 Å². The van der Waals surface area contributed by atoms with Crippen LogP contribution in [-0.4, -0.2) is 19.0 Å². The summed E-state index contributed by atoms with van der Waals surface area (Å²) in [5, 5.41) is 1.90. The van der Waals surface area contributed by atoms with Gasteiger partial charge in [0.05, 0.1) is 0 Å². The molecule has 1 aromatic rings. The molecule has 1 saturated carbocycles. The number of rotatable bonds is 0. The van der Waals surface area contributed by atoms with E-state index in [1.807, 2.05) is 5.31 Å². The second-order valence-corrected chi connectivity index (χ2v) is 20.0. The summed E-state index contributed by atoms with van der Waals surface area (Å²) in [6, 6.07) is 9.31. The number of allylic oxidation sites excluding steroid dienone is 5. The first-order valence-electron chi connectivity index (χ1n) is 8.62. The molecule has 1 aromatic carbocycles. The Morgan fingerprint density at radius 2 is 1.80 bits per heavy atom. The molecule has 0 N–H and O–H groups in total. The molecular formula is C20H22F2HfP2. The van der Waals surface area contributed by atoms with E-state index in [-0.39, 0.29) is 24.6 Å². The maximum Gasteiger partial charge on any atom is -1.00 e. The van der Waals surface area contributed by atoms with Crippen molar-refractivity contribution in [3.05, 3.63) is 65.0 Å². The van der Waals surface area contributed by atoms with E-state index < -0.39 is 22.9 Å². The van der Waals surface area contributed by atoms with Crippen LogP contribution in [-0.2, 0) is 22.9 Å². The van der Waals surface area contributed by atoms with Crippen LogP contribution >= 0.6 is 15.2 Å². The van der Waals surface area contributed by atoms with Gasteiger partial charge in [-0.15, -0.1) is 0 Å². The van der Waals surface area contributed by atoms with Crippen LogP contribution in [0.2, 0.25) is 3.67 Å². The Bertz CT molecular complexity index is 745. The first-order valence-corrected chi connectivity index (χ1v) is 17.1. The monoisotopic (exact) mass is 542 g/mol. The minimum atomic E-state index is -0.736. The topological polar surface area (TPSA) is 0 Å². The van der Waals surface area contributed by atoms with Crippen LogP contribution in [0.4, 0.5) is 0 Å². The summed E-state index contributed by atoms with van der Waals surface area (Å²) < 4.78 is 2.02. The molecule has 1 aliphatic heterocycles. The van der Waals surface area contributed by atoms with Crippen molar-refractivity contribution in [2.45, 2.75) is 19.4 Å². The van der Waals surface area contributed by atoms with Gasteiger partial charge < -0.3 is 9.41 Å². The molecule has 0 radical (unpaired) electrons. The number of benzene rings is 1. The molecule has 1 heterocycles. The molecule has 2 fully saturated rings. The van der Waals surface area contributed by atoms with Gasteiger partial charge >= 0.3 is 154 Å². The fraction of sp³-hybridized carbons (Fsp3) is 0.400. The number of fused-ring (bicyclic) bond motifs is 6. The van der Waals surface area contributed by atoms with Crippen LogP contribution in [0.3, 0.4) is 0 Å². The first kappa shape index (κ1) is 19.8. The quantitative estimate of drug-likeness (QED) is 0.327. The zero-order valence-corrected chi connectivity index (χ0v) is 19.8. The van der Waals surface area contributed by atoms with Crippen molar-refractivity contribution in [1.29, 1.82) is 0 Å². The molecule has 130 valence electrons. The minimum absolute atomic E-state index is 0. The molecule has 5 heteroatoms. The zero-order valence-electron chi connectivity index (χ0n) is 14.4. The van der Waals surface area contributed by atoms with Crippen molar-refractivity contribution < 1.29 is 32.3 Å². The van der Waals surface area contributed by atoms with Crippen LogP contribution in [0.1, 0.15) is 21.2 Å². The molecule has 25 heavy (non-hydrogen) atoms. The molecule has 0 spiro atoms. The second kappa shape index (κ2) is 7.57. The van der Waals surface area contributed by atoms with E-state index >= 15 is 0 Å². The Labute approximate surface area is 162 Å². The Kier molecular flexibility index (Phi) is 5.99. The van der Waals surface area contributed by atoms with Crippen molar-refractivity contribution in [3.63, 3.8) is 0 Å². The van der Waals surface area contributed by atoms with Gasteiger partial charge in [-0.3, -0.25) is 0 Å². The molecule has 7 atom stereocenters. The maximum atomic E-state index is 2.65. The summed E-state index contributed by atoms with van der Waals surface area (Å²) in [6.45, 7) is 5.27. The molecule has 5 rings (SSSR count). The van der Waals surface area contributed by atoms with Crippen LogP contribution in [0.5, 0.6) is 0 Å². The normalized spacial score (nSPS) is 39.1. The van der Waals surface area contributed by atoms with Crippen molar-refractivity contribution in [2.24, 2.45) is 11.8 Å². The molecule has 0 aromatic heterocycles. The van der Waals surface area contributed by atoms with Crippen LogP contribution in [0, 0.1) is 11.8 Å². The molecular weight excluding hydrogens is 519 g/mol. The van der Waals surface area contributed by atoms with Gasteiger partial charge in [0.25, 0.3) is 0 Å². The third-order valence-electron chi connectivity index (χ3n) is 6.23. The van der Waals surface area contributed by atoms with E-state index in [1.165, 1.54) is 6.42 Å². The van der Waals surface area contributed by atoms with E-state index in [0.717, 1.165) is 24.8 Å². The van der Waals surface area contributed by atoms with E-state index in [0.29, 0.717) is 0 Å². The Morgan fingerprint density at radius 3 is 2.64 bits per heavy atom. The fourth-order valence-corrected chi connectivity index (χ4v) is 27.1. The molecule has 0 bridgehead atoms. The van der Waals surface area contributed by atoms with Gasteiger partial charge in [-0.05, 0) is 0 Å². The Morgan fingerprint density at radius 1 is 1.04 bits per heavy atom. The summed E-state index contributed by atoms with van der Waals surface area (Å²) in [6.07, 6.45) is 13.9. The predicted molar refractivity (Wildman–Crippen MR) is 100 cm³/mol. The third kappa shape index (κ3) is 3.03. The summed E-state index contributed by atoms with van der Waals surface area (Å²) in [5.74, 6) is 1.77. The predicted octanol–water partition coefficient (Wildman–Crippen LogP) is 0.244. The van der Waals surface area contributed by atoms with E-state index in [2.05, 4.69) is 68.0 Å². The number of hydrogen-bond acceptors (Lipinski definition) is 0. The van der Waals surface area contributed by atoms with Crippen LogP contribution in [0.15, 0.2) is 53.9 Å². The van der Waals surface area contributed by atoms with Gasteiger partial charge in [0, 0.05) is 0 Å². The standard InChI is InChI=1S/C20H22P2.2FH.Hf/c1-21(19-11-15-7-3-4-8-16(15)12-19)22(2)20-13-17-9-5-6-10-18(17)14-20;;;/h3-13,17-18,20H,14H2,1-2H3;2*1H;/q;;;+2/p-2. The maximum absolute atomic E-state index is 2.65. The molecule has 7 unspecified atom stereocenters. The van der Waals surface area contributed by atoms with Crippen LogP contribution in [0.25, 0.3) is 6.08 Å². The average Bonchev–Trinajstić information content (AvgIpc) is 3.11. The third-order valence-corrected chi connectivity index (χ3v) is 23.8. The van der Waals surface area contributed by atoms with Crippen molar-refractivity contribution in [2.75, 3.05) is 13.3 Å². The summed E-state index contributed by atoms with van der Waals surface area (Å²) in [7, 11) is 0.287.